The van der Waals surface area contributed by atoms with E-state index in [4.69, 9.17) is 5.26 Å². The van der Waals surface area contributed by atoms with E-state index in [0.717, 1.165) is 19.4 Å². The number of carbonyl (C=O) groups is 1. The molecular weight excluding hydrogens is 250 g/mol. The van der Waals surface area contributed by atoms with Gasteiger partial charge in [-0.15, -0.1) is 12.4 Å². The molecule has 5 heteroatoms. The molecule has 2 bridgehead atoms. The summed E-state index contributed by atoms with van der Waals surface area (Å²) in [5.74, 6) is 0.691. The molecule has 4 fully saturated rings. The zero-order chi connectivity index (χ0) is 11.8. The Morgan fingerprint density at radius 1 is 1.22 bits per heavy atom. The van der Waals surface area contributed by atoms with Gasteiger partial charge in [0.05, 0.1) is 12.1 Å². The smallest absolute Gasteiger partial charge is 0.241 e. The van der Waals surface area contributed by atoms with E-state index >= 15 is 0 Å². The van der Waals surface area contributed by atoms with Crippen LogP contribution in [0.5, 0.6) is 0 Å². The van der Waals surface area contributed by atoms with Crippen molar-refractivity contribution in [3.8, 4) is 6.07 Å². The monoisotopic (exact) mass is 269 g/mol. The number of nitriles is 1. The van der Waals surface area contributed by atoms with Crippen LogP contribution in [0, 0.1) is 17.2 Å². The van der Waals surface area contributed by atoms with Crippen LogP contribution in [0.25, 0.3) is 0 Å². The van der Waals surface area contributed by atoms with Gasteiger partial charge in [-0.25, -0.2) is 0 Å². The zero-order valence-corrected chi connectivity index (χ0v) is 11.3. The number of halogens is 1. The Labute approximate surface area is 114 Å². The van der Waals surface area contributed by atoms with Crippen LogP contribution >= 0.6 is 12.4 Å². The molecule has 3 saturated heterocycles. The molecule has 4 rings (SSSR count). The molecule has 3 heterocycles. The molecule has 1 N–H and O–H groups in total. The Balaban J connectivity index is 0.00000120. The molecule has 0 aromatic rings. The average molecular weight is 270 g/mol. The maximum absolute atomic E-state index is 12.5. The number of likely N-dealkylation sites (tertiary alicyclic amines) is 1. The first-order valence-electron chi connectivity index (χ1n) is 6.76. The van der Waals surface area contributed by atoms with Gasteiger partial charge < -0.3 is 10.2 Å². The first kappa shape index (κ1) is 13.6. The Hall–Kier alpha value is -0.790. The molecule has 0 radical (unpaired) electrons. The van der Waals surface area contributed by atoms with Crippen LogP contribution < -0.4 is 5.32 Å². The van der Waals surface area contributed by atoms with Gasteiger partial charge in [0.25, 0.3) is 0 Å². The van der Waals surface area contributed by atoms with Crippen LogP contribution in [0.15, 0.2) is 0 Å². The number of piperidine rings is 2. The Morgan fingerprint density at radius 3 is 2.50 bits per heavy atom. The van der Waals surface area contributed by atoms with Crippen LogP contribution in [0.1, 0.15) is 38.5 Å². The van der Waals surface area contributed by atoms with Crippen molar-refractivity contribution in [1.82, 2.24) is 10.2 Å². The highest BCUT2D eigenvalue weighted by Crippen LogP contribution is 2.34. The van der Waals surface area contributed by atoms with Gasteiger partial charge in [-0.05, 0) is 44.4 Å². The second-order valence-corrected chi connectivity index (χ2v) is 5.57. The molecule has 3 aliphatic heterocycles. The van der Waals surface area contributed by atoms with Gasteiger partial charge in [0, 0.05) is 12.6 Å². The number of carbonyl (C=O) groups excluding carboxylic acids is 1. The fraction of sp³-hybridized carbons (Fsp3) is 0.846. The third-order valence-electron chi connectivity index (χ3n) is 4.61. The average Bonchev–Trinajstić information content (AvgIpc) is 2.87. The predicted molar refractivity (Wildman–Crippen MR) is 70.3 cm³/mol. The predicted octanol–water partition coefficient (Wildman–Crippen LogP) is 1.45. The van der Waals surface area contributed by atoms with E-state index in [-0.39, 0.29) is 30.4 Å². The standard InChI is InChI=1S/C13H19N3O.ClH/c14-8-11-2-1-7-16(11)13(17)12-9-3-5-10(15-12)6-4-9;/h9-12,15H,1-7H2;1H/t9?,10?,11-,12+;/m0./s1. The zero-order valence-electron chi connectivity index (χ0n) is 10.5. The summed E-state index contributed by atoms with van der Waals surface area (Å²) in [6, 6.07) is 2.61. The van der Waals surface area contributed by atoms with Crippen LogP contribution in [0.4, 0.5) is 0 Å². The van der Waals surface area contributed by atoms with E-state index < -0.39 is 0 Å². The van der Waals surface area contributed by atoms with Gasteiger partial charge in [-0.1, -0.05) is 0 Å². The molecule has 0 spiro atoms. The summed E-state index contributed by atoms with van der Waals surface area (Å²) in [6.45, 7) is 0.770. The summed E-state index contributed by atoms with van der Waals surface area (Å²) in [6.07, 6.45) is 6.62. The van der Waals surface area contributed by atoms with Crippen molar-refractivity contribution in [3.63, 3.8) is 0 Å². The van der Waals surface area contributed by atoms with Crippen molar-refractivity contribution in [2.75, 3.05) is 6.54 Å². The molecular formula is C13H20ClN3O. The van der Waals surface area contributed by atoms with E-state index in [1.54, 1.807) is 4.90 Å². The van der Waals surface area contributed by atoms with Gasteiger partial charge in [0.15, 0.2) is 0 Å². The third kappa shape index (κ3) is 2.22. The normalized spacial score (nSPS) is 38.1. The lowest BCUT2D eigenvalue weighted by molar-refractivity contribution is -0.137. The molecule has 1 saturated carbocycles. The largest absolute Gasteiger partial charge is 0.325 e. The van der Waals surface area contributed by atoms with Crippen molar-refractivity contribution in [1.29, 1.82) is 5.26 Å². The lowest BCUT2D eigenvalue weighted by atomic mass is 9.76. The summed E-state index contributed by atoms with van der Waals surface area (Å²) >= 11 is 0. The summed E-state index contributed by atoms with van der Waals surface area (Å²) in [7, 11) is 0. The number of nitrogens with zero attached hydrogens (tertiary/aromatic N) is 2. The van der Waals surface area contributed by atoms with E-state index in [9.17, 15) is 4.79 Å². The van der Waals surface area contributed by atoms with E-state index in [1.807, 2.05) is 0 Å². The molecule has 4 aliphatic rings. The molecule has 0 aromatic carbocycles. The van der Waals surface area contributed by atoms with Gasteiger partial charge in [-0.3, -0.25) is 4.79 Å². The molecule has 2 atom stereocenters. The molecule has 0 aromatic heterocycles. The number of rotatable bonds is 1. The van der Waals surface area contributed by atoms with Crippen LogP contribution in [-0.2, 0) is 4.79 Å². The van der Waals surface area contributed by atoms with E-state index in [0.29, 0.717) is 12.0 Å². The minimum absolute atomic E-state index is 0. The number of fused-ring (bicyclic) bond motifs is 3. The second kappa shape index (κ2) is 5.46. The number of nitrogens with one attached hydrogen (secondary N) is 1. The first-order chi connectivity index (χ1) is 8.29. The fourth-order valence-corrected chi connectivity index (χ4v) is 3.63. The Kier molecular flexibility index (Phi) is 4.14. The van der Waals surface area contributed by atoms with Crippen LogP contribution in [0.2, 0.25) is 0 Å². The molecule has 4 nitrogen and oxygen atoms in total. The van der Waals surface area contributed by atoms with Gasteiger partial charge in [0.2, 0.25) is 5.91 Å². The highest BCUT2D eigenvalue weighted by Gasteiger charge is 2.42. The third-order valence-corrected chi connectivity index (χ3v) is 4.61. The van der Waals surface area contributed by atoms with Gasteiger partial charge in [-0.2, -0.15) is 5.26 Å². The van der Waals surface area contributed by atoms with E-state index in [2.05, 4.69) is 11.4 Å². The maximum Gasteiger partial charge on any atom is 0.241 e. The van der Waals surface area contributed by atoms with Crippen molar-refractivity contribution in [2.45, 2.75) is 56.7 Å². The van der Waals surface area contributed by atoms with Crippen LogP contribution in [0.3, 0.4) is 0 Å². The summed E-state index contributed by atoms with van der Waals surface area (Å²) in [4.78, 5) is 14.3. The first-order valence-corrected chi connectivity index (χ1v) is 6.76. The molecule has 0 unspecified atom stereocenters. The summed E-state index contributed by atoms with van der Waals surface area (Å²) in [5.41, 5.74) is 0. The maximum atomic E-state index is 12.5. The molecule has 1 aliphatic carbocycles. The summed E-state index contributed by atoms with van der Waals surface area (Å²) < 4.78 is 0. The van der Waals surface area contributed by atoms with Crippen molar-refractivity contribution < 1.29 is 4.79 Å². The Bertz CT molecular complexity index is 360. The second-order valence-electron chi connectivity index (χ2n) is 5.57. The lowest BCUT2D eigenvalue weighted by Gasteiger charge is -2.44. The van der Waals surface area contributed by atoms with Crippen LogP contribution in [-0.4, -0.2) is 35.5 Å². The van der Waals surface area contributed by atoms with Crippen molar-refractivity contribution >= 4 is 18.3 Å². The minimum Gasteiger partial charge on any atom is -0.325 e. The Morgan fingerprint density at radius 2 is 1.94 bits per heavy atom. The van der Waals surface area contributed by atoms with E-state index in [1.165, 1.54) is 25.7 Å². The van der Waals surface area contributed by atoms with Gasteiger partial charge in [0.1, 0.15) is 6.04 Å². The molecule has 18 heavy (non-hydrogen) atoms. The van der Waals surface area contributed by atoms with Gasteiger partial charge >= 0.3 is 0 Å². The molecule has 100 valence electrons. The highest BCUT2D eigenvalue weighted by molar-refractivity contribution is 5.85. The topological polar surface area (TPSA) is 56.1 Å². The lowest BCUT2D eigenvalue weighted by Crippen LogP contribution is -2.59. The fourth-order valence-electron chi connectivity index (χ4n) is 3.63. The number of hydrogen-bond donors (Lipinski definition) is 1. The van der Waals surface area contributed by atoms with Crippen molar-refractivity contribution in [3.05, 3.63) is 0 Å². The number of hydrogen-bond acceptors (Lipinski definition) is 3. The SMILES string of the molecule is Cl.N#C[C@@H]1CCCN1C(=O)[C@@H]1NC2CCC1CC2. The minimum atomic E-state index is -0.176. The van der Waals surface area contributed by atoms with Crippen molar-refractivity contribution in [2.24, 2.45) is 5.92 Å². The quantitative estimate of drug-likeness (QED) is 0.784. The number of amides is 1. The highest BCUT2D eigenvalue weighted by atomic mass is 35.5. The molecule has 1 amide bonds. The summed E-state index contributed by atoms with van der Waals surface area (Å²) in [5, 5.41) is 12.5.